The van der Waals surface area contributed by atoms with Crippen LogP contribution in [0, 0.1) is 17.3 Å². The standard InChI is InChI=1S/C17H28N2O4S/c1-23-11-15-16(20)18(10-13-2-3-13)12-17(15)6-8-19(9-7-17)24(21,22)14-4-5-14/h13-15H,2-12H2,1H3. The van der Waals surface area contributed by atoms with Gasteiger partial charge in [-0.1, -0.05) is 0 Å². The number of carbonyl (C=O) groups is 1. The molecule has 0 bridgehead atoms. The number of sulfonamides is 1. The van der Waals surface area contributed by atoms with Gasteiger partial charge < -0.3 is 9.64 Å². The summed E-state index contributed by atoms with van der Waals surface area (Å²) in [5.74, 6) is 0.803. The summed E-state index contributed by atoms with van der Waals surface area (Å²) in [6.45, 7) is 3.24. The first-order valence-electron chi connectivity index (χ1n) is 9.23. The maximum absolute atomic E-state index is 12.8. The predicted molar refractivity (Wildman–Crippen MR) is 89.9 cm³/mol. The van der Waals surface area contributed by atoms with Gasteiger partial charge in [0, 0.05) is 38.7 Å². The van der Waals surface area contributed by atoms with Crippen molar-refractivity contribution in [2.75, 3.05) is 39.9 Å². The van der Waals surface area contributed by atoms with Crippen molar-refractivity contribution in [1.82, 2.24) is 9.21 Å². The summed E-state index contributed by atoms with van der Waals surface area (Å²) in [4.78, 5) is 14.9. The monoisotopic (exact) mass is 356 g/mol. The molecule has 4 rings (SSSR count). The van der Waals surface area contributed by atoms with Crippen molar-refractivity contribution in [2.45, 2.75) is 43.8 Å². The summed E-state index contributed by atoms with van der Waals surface area (Å²) in [5.41, 5.74) is -0.0996. The summed E-state index contributed by atoms with van der Waals surface area (Å²) in [5, 5.41) is -0.141. The van der Waals surface area contributed by atoms with E-state index < -0.39 is 10.0 Å². The van der Waals surface area contributed by atoms with Gasteiger partial charge in [0.1, 0.15) is 0 Å². The van der Waals surface area contributed by atoms with Crippen LogP contribution in [-0.4, -0.2) is 68.7 Å². The van der Waals surface area contributed by atoms with Crippen LogP contribution in [0.15, 0.2) is 0 Å². The number of piperidine rings is 1. The second kappa shape index (κ2) is 5.95. The molecule has 2 saturated heterocycles. The van der Waals surface area contributed by atoms with Crippen molar-refractivity contribution in [3.63, 3.8) is 0 Å². The second-order valence-corrected chi connectivity index (χ2v) is 10.4. The Kier molecular flexibility index (Phi) is 4.16. The van der Waals surface area contributed by atoms with E-state index in [1.165, 1.54) is 12.8 Å². The van der Waals surface area contributed by atoms with E-state index in [0.717, 1.165) is 38.8 Å². The van der Waals surface area contributed by atoms with Gasteiger partial charge >= 0.3 is 0 Å². The fourth-order valence-corrected chi connectivity index (χ4v) is 6.35. The van der Waals surface area contributed by atoms with Gasteiger partial charge in [-0.2, -0.15) is 0 Å². The van der Waals surface area contributed by atoms with Crippen LogP contribution < -0.4 is 0 Å². The van der Waals surface area contributed by atoms with Gasteiger partial charge in [0.25, 0.3) is 0 Å². The first-order valence-corrected chi connectivity index (χ1v) is 10.7. The third-order valence-electron chi connectivity index (χ3n) is 6.39. The average Bonchev–Trinajstić information content (AvgIpc) is 3.45. The highest BCUT2D eigenvalue weighted by atomic mass is 32.2. The molecular weight excluding hydrogens is 328 g/mol. The maximum atomic E-state index is 12.8. The van der Waals surface area contributed by atoms with E-state index in [0.29, 0.717) is 25.6 Å². The molecule has 2 saturated carbocycles. The smallest absolute Gasteiger partial charge is 0.228 e. The zero-order valence-corrected chi connectivity index (χ0v) is 15.3. The molecular formula is C17H28N2O4S. The lowest BCUT2D eigenvalue weighted by molar-refractivity contribution is -0.133. The summed E-state index contributed by atoms with van der Waals surface area (Å²) in [6, 6.07) is 0. The maximum Gasteiger partial charge on any atom is 0.228 e. The van der Waals surface area contributed by atoms with Gasteiger partial charge in [0.05, 0.1) is 17.8 Å². The third kappa shape index (κ3) is 2.88. The minimum absolute atomic E-state index is 0.0996. The third-order valence-corrected chi connectivity index (χ3v) is 8.79. The Morgan fingerprint density at radius 1 is 1.17 bits per heavy atom. The minimum atomic E-state index is -3.10. The Labute approximate surface area is 144 Å². The Balaban J connectivity index is 1.47. The molecule has 0 radical (unpaired) electrons. The molecule has 1 atom stereocenters. The Morgan fingerprint density at radius 3 is 2.38 bits per heavy atom. The molecule has 2 heterocycles. The molecule has 0 aromatic carbocycles. The lowest BCUT2D eigenvalue weighted by Crippen LogP contribution is -2.48. The quantitative estimate of drug-likeness (QED) is 0.714. The summed E-state index contributed by atoms with van der Waals surface area (Å²) in [6.07, 6.45) is 5.64. The summed E-state index contributed by atoms with van der Waals surface area (Å²) in [7, 11) is -1.45. The van der Waals surface area contributed by atoms with Gasteiger partial charge in [-0.15, -0.1) is 0 Å². The van der Waals surface area contributed by atoms with Crippen molar-refractivity contribution >= 4 is 15.9 Å². The molecule has 0 aromatic heterocycles. The van der Waals surface area contributed by atoms with E-state index in [2.05, 4.69) is 0 Å². The molecule has 2 aliphatic heterocycles. The zero-order valence-electron chi connectivity index (χ0n) is 14.4. The van der Waals surface area contributed by atoms with Crippen LogP contribution in [0.1, 0.15) is 38.5 Å². The van der Waals surface area contributed by atoms with Gasteiger partial charge in [-0.3, -0.25) is 4.79 Å². The lowest BCUT2D eigenvalue weighted by atomic mass is 9.71. The van der Waals surface area contributed by atoms with Crippen molar-refractivity contribution in [1.29, 1.82) is 0 Å². The van der Waals surface area contributed by atoms with Crippen molar-refractivity contribution in [2.24, 2.45) is 17.3 Å². The topological polar surface area (TPSA) is 66.9 Å². The van der Waals surface area contributed by atoms with Crippen LogP contribution in [0.3, 0.4) is 0 Å². The van der Waals surface area contributed by atoms with Gasteiger partial charge in [0.2, 0.25) is 15.9 Å². The van der Waals surface area contributed by atoms with Crippen LogP contribution in [-0.2, 0) is 19.6 Å². The molecule has 4 aliphatic rings. The average molecular weight is 356 g/mol. The van der Waals surface area contributed by atoms with Crippen LogP contribution >= 0.6 is 0 Å². The highest BCUT2D eigenvalue weighted by molar-refractivity contribution is 7.90. The normalized spacial score (nSPS) is 31.1. The van der Waals surface area contributed by atoms with E-state index >= 15 is 0 Å². The van der Waals surface area contributed by atoms with E-state index in [9.17, 15) is 13.2 Å². The second-order valence-electron chi connectivity index (χ2n) is 8.18. The fourth-order valence-electron chi connectivity index (χ4n) is 4.50. The number of ether oxygens (including phenoxy) is 1. The minimum Gasteiger partial charge on any atom is -0.384 e. The molecule has 0 aromatic rings. The first kappa shape index (κ1) is 16.8. The number of nitrogens with zero attached hydrogens (tertiary/aromatic N) is 2. The number of amides is 1. The Morgan fingerprint density at radius 2 is 1.83 bits per heavy atom. The molecule has 6 nitrogen and oxygen atoms in total. The van der Waals surface area contributed by atoms with Gasteiger partial charge in [-0.05, 0) is 44.4 Å². The van der Waals surface area contributed by atoms with E-state index in [-0.39, 0.29) is 22.5 Å². The Bertz CT molecular complexity index is 604. The molecule has 0 N–H and O–H groups in total. The summed E-state index contributed by atoms with van der Waals surface area (Å²) >= 11 is 0. The van der Waals surface area contributed by atoms with E-state index in [4.69, 9.17) is 4.74 Å². The number of likely N-dealkylation sites (tertiary alicyclic amines) is 1. The molecule has 1 unspecified atom stereocenters. The van der Waals surface area contributed by atoms with Gasteiger partial charge in [0.15, 0.2) is 0 Å². The van der Waals surface area contributed by atoms with Crippen LogP contribution in [0.5, 0.6) is 0 Å². The molecule has 4 fully saturated rings. The zero-order chi connectivity index (χ0) is 16.9. The molecule has 1 amide bonds. The van der Waals surface area contributed by atoms with E-state index in [1.54, 1.807) is 11.4 Å². The van der Waals surface area contributed by atoms with E-state index in [1.807, 2.05) is 4.90 Å². The van der Waals surface area contributed by atoms with Crippen LogP contribution in [0.25, 0.3) is 0 Å². The summed E-state index contributed by atoms with van der Waals surface area (Å²) < 4.78 is 32.0. The molecule has 136 valence electrons. The predicted octanol–water partition coefficient (Wildman–Crippen LogP) is 1.08. The Hall–Kier alpha value is -0.660. The van der Waals surface area contributed by atoms with Crippen molar-refractivity contribution < 1.29 is 17.9 Å². The molecule has 7 heteroatoms. The van der Waals surface area contributed by atoms with Crippen molar-refractivity contribution in [3.05, 3.63) is 0 Å². The SMILES string of the molecule is COCC1C(=O)N(CC2CC2)CC12CCN(S(=O)(=O)C1CC1)CC2. The molecule has 1 spiro atoms. The highest BCUT2D eigenvalue weighted by Crippen LogP contribution is 2.47. The van der Waals surface area contributed by atoms with Crippen LogP contribution in [0.4, 0.5) is 0 Å². The number of carbonyl (C=O) groups excluding carboxylic acids is 1. The number of hydrogen-bond acceptors (Lipinski definition) is 4. The van der Waals surface area contributed by atoms with Gasteiger partial charge in [-0.25, -0.2) is 12.7 Å². The highest BCUT2D eigenvalue weighted by Gasteiger charge is 2.55. The number of hydrogen-bond donors (Lipinski definition) is 0. The lowest BCUT2D eigenvalue weighted by Gasteiger charge is -2.41. The van der Waals surface area contributed by atoms with Crippen LogP contribution in [0.2, 0.25) is 0 Å². The number of rotatable bonds is 6. The van der Waals surface area contributed by atoms with Crippen molar-refractivity contribution in [3.8, 4) is 0 Å². The first-order chi connectivity index (χ1) is 11.5. The fraction of sp³-hybridized carbons (Fsp3) is 0.941. The molecule has 2 aliphatic carbocycles. The number of methoxy groups -OCH3 is 1. The largest absolute Gasteiger partial charge is 0.384 e. The molecule has 24 heavy (non-hydrogen) atoms.